The molecule has 1 aliphatic rings. The predicted octanol–water partition coefficient (Wildman–Crippen LogP) is 2.75. The number of hydrogen-bond acceptors (Lipinski definition) is 2. The van der Waals surface area contributed by atoms with Gasteiger partial charge in [0.05, 0.1) is 5.75 Å². The molecular formula is C14H18FNO2S. The van der Waals surface area contributed by atoms with E-state index in [0.29, 0.717) is 12.1 Å². The van der Waals surface area contributed by atoms with Crippen LogP contribution in [0.3, 0.4) is 0 Å². The van der Waals surface area contributed by atoms with Crippen LogP contribution < -0.4 is 4.72 Å². The van der Waals surface area contributed by atoms with Crippen LogP contribution in [0.5, 0.6) is 0 Å². The lowest BCUT2D eigenvalue weighted by molar-refractivity contribution is 0.580. The first-order valence-electron chi connectivity index (χ1n) is 6.45. The van der Waals surface area contributed by atoms with Crippen molar-refractivity contribution in [2.75, 3.05) is 6.54 Å². The Morgan fingerprint density at radius 3 is 2.53 bits per heavy atom. The van der Waals surface area contributed by atoms with Crippen molar-refractivity contribution in [3.63, 3.8) is 0 Å². The Hall–Kier alpha value is -1.20. The highest BCUT2D eigenvalue weighted by atomic mass is 32.2. The van der Waals surface area contributed by atoms with Gasteiger partial charge in [0.25, 0.3) is 0 Å². The first-order chi connectivity index (χ1) is 9.05. The fraction of sp³-hybridized carbons (Fsp3) is 0.429. The van der Waals surface area contributed by atoms with E-state index >= 15 is 0 Å². The molecule has 0 bridgehead atoms. The number of benzene rings is 1. The fourth-order valence-electron chi connectivity index (χ4n) is 2.12. The van der Waals surface area contributed by atoms with Gasteiger partial charge in [0.2, 0.25) is 10.0 Å². The SMILES string of the molecule is O=S(=O)(Cc1ccc(F)cc1)NCC1=CCCCC1. The smallest absolute Gasteiger partial charge is 0.212 e. The van der Waals surface area contributed by atoms with Crippen LogP contribution in [0.4, 0.5) is 4.39 Å². The topological polar surface area (TPSA) is 46.2 Å². The molecule has 0 atom stereocenters. The fourth-order valence-corrected chi connectivity index (χ4v) is 3.26. The molecule has 1 aliphatic carbocycles. The van der Waals surface area contributed by atoms with Crippen molar-refractivity contribution in [3.05, 3.63) is 47.3 Å². The predicted molar refractivity (Wildman–Crippen MR) is 73.6 cm³/mol. The van der Waals surface area contributed by atoms with Gasteiger partial charge in [0.1, 0.15) is 5.82 Å². The Morgan fingerprint density at radius 1 is 1.16 bits per heavy atom. The van der Waals surface area contributed by atoms with Gasteiger partial charge in [-0.25, -0.2) is 17.5 Å². The molecule has 1 aromatic carbocycles. The van der Waals surface area contributed by atoms with Crippen LogP contribution in [-0.2, 0) is 15.8 Å². The Labute approximate surface area is 113 Å². The zero-order chi connectivity index (χ0) is 13.7. The highest BCUT2D eigenvalue weighted by Crippen LogP contribution is 2.16. The lowest BCUT2D eigenvalue weighted by atomic mass is 10.0. The van der Waals surface area contributed by atoms with Crippen LogP contribution in [0.2, 0.25) is 0 Å². The second-order valence-corrected chi connectivity index (χ2v) is 6.62. The third-order valence-corrected chi connectivity index (χ3v) is 4.47. The van der Waals surface area contributed by atoms with Crippen molar-refractivity contribution in [1.29, 1.82) is 0 Å². The monoisotopic (exact) mass is 283 g/mol. The van der Waals surface area contributed by atoms with Crippen molar-refractivity contribution in [1.82, 2.24) is 4.72 Å². The van der Waals surface area contributed by atoms with Crippen LogP contribution in [0.25, 0.3) is 0 Å². The lowest BCUT2D eigenvalue weighted by Crippen LogP contribution is -2.27. The molecule has 0 saturated heterocycles. The van der Waals surface area contributed by atoms with Crippen molar-refractivity contribution < 1.29 is 12.8 Å². The van der Waals surface area contributed by atoms with Crippen LogP contribution >= 0.6 is 0 Å². The van der Waals surface area contributed by atoms with Crippen LogP contribution in [0, 0.1) is 5.82 Å². The zero-order valence-electron chi connectivity index (χ0n) is 10.7. The number of sulfonamides is 1. The minimum atomic E-state index is -3.36. The number of rotatable bonds is 5. The standard InChI is InChI=1S/C14H18FNO2S/c15-14-8-6-13(7-9-14)11-19(17,18)16-10-12-4-2-1-3-5-12/h4,6-9,16H,1-3,5,10-11H2. The minimum Gasteiger partial charge on any atom is -0.212 e. The number of allylic oxidation sites excluding steroid dienone is 1. The maximum atomic E-state index is 12.7. The van der Waals surface area contributed by atoms with E-state index in [1.165, 1.54) is 30.7 Å². The Balaban J connectivity index is 1.91. The minimum absolute atomic E-state index is 0.111. The molecule has 0 unspecified atom stereocenters. The molecule has 0 saturated carbocycles. The van der Waals surface area contributed by atoms with Gasteiger partial charge in [0.15, 0.2) is 0 Å². The number of hydrogen-bond donors (Lipinski definition) is 1. The summed E-state index contributed by atoms with van der Waals surface area (Å²) in [6.07, 6.45) is 6.44. The Bertz CT molecular complexity index is 549. The van der Waals surface area contributed by atoms with Crippen LogP contribution in [0.1, 0.15) is 31.2 Å². The Kier molecular flexibility index (Phi) is 4.71. The summed E-state index contributed by atoms with van der Waals surface area (Å²) in [5.74, 6) is -0.470. The maximum absolute atomic E-state index is 12.7. The average Bonchev–Trinajstić information content (AvgIpc) is 2.40. The third kappa shape index (κ3) is 4.76. The molecule has 2 rings (SSSR count). The van der Waals surface area contributed by atoms with E-state index in [0.717, 1.165) is 24.8 Å². The van der Waals surface area contributed by atoms with E-state index < -0.39 is 10.0 Å². The molecular weight excluding hydrogens is 265 g/mol. The maximum Gasteiger partial charge on any atom is 0.216 e. The molecule has 19 heavy (non-hydrogen) atoms. The summed E-state index contributed by atoms with van der Waals surface area (Å²) in [5.41, 5.74) is 1.75. The van der Waals surface area contributed by atoms with E-state index in [-0.39, 0.29) is 11.6 Å². The van der Waals surface area contributed by atoms with Gasteiger partial charge in [-0.05, 0) is 43.4 Å². The van der Waals surface area contributed by atoms with Crippen LogP contribution in [-0.4, -0.2) is 15.0 Å². The molecule has 5 heteroatoms. The molecule has 0 heterocycles. The second-order valence-electron chi connectivity index (χ2n) is 4.81. The zero-order valence-corrected chi connectivity index (χ0v) is 11.5. The molecule has 1 N–H and O–H groups in total. The lowest BCUT2D eigenvalue weighted by Gasteiger charge is -2.13. The highest BCUT2D eigenvalue weighted by molar-refractivity contribution is 7.88. The van der Waals surface area contributed by atoms with E-state index in [2.05, 4.69) is 10.8 Å². The van der Waals surface area contributed by atoms with Crippen molar-refractivity contribution in [2.24, 2.45) is 0 Å². The van der Waals surface area contributed by atoms with Gasteiger partial charge >= 0.3 is 0 Å². The molecule has 0 amide bonds. The summed E-state index contributed by atoms with van der Waals surface area (Å²) in [6.45, 7) is 0.392. The normalized spacial score (nSPS) is 16.2. The molecule has 0 fully saturated rings. The largest absolute Gasteiger partial charge is 0.216 e. The van der Waals surface area contributed by atoms with Gasteiger partial charge in [-0.2, -0.15) is 0 Å². The molecule has 1 aromatic rings. The summed E-state index contributed by atoms with van der Waals surface area (Å²) < 4.78 is 39.1. The first kappa shape index (κ1) is 14.2. The van der Waals surface area contributed by atoms with E-state index in [9.17, 15) is 12.8 Å². The quantitative estimate of drug-likeness (QED) is 0.845. The molecule has 0 spiro atoms. The van der Waals surface area contributed by atoms with Crippen molar-refractivity contribution in [2.45, 2.75) is 31.4 Å². The van der Waals surface area contributed by atoms with Gasteiger partial charge in [0, 0.05) is 6.54 Å². The molecule has 0 radical (unpaired) electrons. The average molecular weight is 283 g/mol. The Morgan fingerprint density at radius 2 is 1.89 bits per heavy atom. The highest BCUT2D eigenvalue weighted by Gasteiger charge is 2.13. The first-order valence-corrected chi connectivity index (χ1v) is 8.10. The summed E-state index contributed by atoms with van der Waals surface area (Å²) in [6, 6.07) is 5.53. The van der Waals surface area contributed by atoms with Gasteiger partial charge in [-0.1, -0.05) is 23.8 Å². The number of nitrogens with one attached hydrogen (secondary N) is 1. The molecule has 0 aromatic heterocycles. The van der Waals surface area contributed by atoms with E-state index in [1.54, 1.807) is 0 Å². The molecule has 3 nitrogen and oxygen atoms in total. The summed E-state index contributed by atoms with van der Waals surface area (Å²) in [4.78, 5) is 0. The van der Waals surface area contributed by atoms with E-state index in [1.807, 2.05) is 0 Å². The van der Waals surface area contributed by atoms with Gasteiger partial charge in [-0.3, -0.25) is 0 Å². The van der Waals surface area contributed by atoms with Gasteiger partial charge in [-0.15, -0.1) is 0 Å². The second kappa shape index (κ2) is 6.30. The third-order valence-electron chi connectivity index (χ3n) is 3.17. The molecule has 0 aliphatic heterocycles. The summed E-state index contributed by atoms with van der Waals surface area (Å²) >= 11 is 0. The van der Waals surface area contributed by atoms with Gasteiger partial charge < -0.3 is 0 Å². The summed E-state index contributed by atoms with van der Waals surface area (Å²) in [5, 5.41) is 0. The summed E-state index contributed by atoms with van der Waals surface area (Å²) in [7, 11) is -3.36. The van der Waals surface area contributed by atoms with E-state index in [4.69, 9.17) is 0 Å². The van der Waals surface area contributed by atoms with Crippen LogP contribution in [0.15, 0.2) is 35.9 Å². The molecule has 104 valence electrons. The van der Waals surface area contributed by atoms with Crippen molar-refractivity contribution >= 4 is 10.0 Å². The number of halogens is 1. The van der Waals surface area contributed by atoms with Crippen molar-refractivity contribution in [3.8, 4) is 0 Å².